The predicted molar refractivity (Wildman–Crippen MR) is 81.8 cm³/mol. The molecule has 20 heavy (non-hydrogen) atoms. The summed E-state index contributed by atoms with van der Waals surface area (Å²) >= 11 is 0. The Labute approximate surface area is 121 Å². The minimum Gasteiger partial charge on any atom is -0.311 e. The Morgan fingerprint density at radius 3 is 2.95 bits per heavy atom. The molecular formula is C16H27N3O. The van der Waals surface area contributed by atoms with Crippen LogP contribution in [-0.2, 0) is 6.54 Å². The lowest BCUT2D eigenvalue weighted by molar-refractivity contribution is 0.334. The van der Waals surface area contributed by atoms with Crippen molar-refractivity contribution in [1.82, 2.24) is 15.3 Å². The van der Waals surface area contributed by atoms with Gasteiger partial charge in [0.25, 0.3) is 5.56 Å². The third-order valence-electron chi connectivity index (χ3n) is 3.99. The molecular weight excluding hydrogens is 250 g/mol. The molecule has 2 rings (SSSR count). The van der Waals surface area contributed by atoms with Crippen molar-refractivity contribution >= 4 is 0 Å². The van der Waals surface area contributed by atoms with Crippen LogP contribution in [0.3, 0.4) is 0 Å². The van der Waals surface area contributed by atoms with Crippen LogP contribution >= 0.6 is 0 Å². The molecule has 0 aromatic carbocycles. The summed E-state index contributed by atoms with van der Waals surface area (Å²) in [5, 5.41) is 3.35. The Bertz CT molecular complexity index is 481. The Morgan fingerprint density at radius 2 is 2.25 bits per heavy atom. The highest BCUT2D eigenvalue weighted by molar-refractivity contribution is 5.07. The quantitative estimate of drug-likeness (QED) is 0.870. The van der Waals surface area contributed by atoms with Gasteiger partial charge in [-0.25, -0.2) is 4.98 Å². The Kier molecular flexibility index (Phi) is 5.35. The summed E-state index contributed by atoms with van der Waals surface area (Å²) in [5.41, 5.74) is 0.845. The van der Waals surface area contributed by atoms with Gasteiger partial charge < -0.3 is 10.3 Å². The zero-order valence-electron chi connectivity index (χ0n) is 12.9. The zero-order valence-corrected chi connectivity index (χ0v) is 12.9. The molecule has 1 aromatic heterocycles. The maximum Gasteiger partial charge on any atom is 0.251 e. The number of nitrogens with zero attached hydrogens (tertiary/aromatic N) is 1. The number of H-pyrrole nitrogens is 1. The predicted octanol–water partition coefficient (Wildman–Crippen LogP) is 2.81. The van der Waals surface area contributed by atoms with Gasteiger partial charge in [0.15, 0.2) is 0 Å². The summed E-state index contributed by atoms with van der Waals surface area (Å²) in [5.74, 6) is 2.67. The van der Waals surface area contributed by atoms with E-state index in [1.54, 1.807) is 6.07 Å². The number of aromatic nitrogens is 2. The van der Waals surface area contributed by atoms with E-state index in [4.69, 9.17) is 0 Å². The molecule has 0 aliphatic heterocycles. The highest BCUT2D eigenvalue weighted by Crippen LogP contribution is 2.33. The minimum absolute atomic E-state index is 0.0189. The summed E-state index contributed by atoms with van der Waals surface area (Å²) < 4.78 is 0. The van der Waals surface area contributed by atoms with Gasteiger partial charge in [-0.3, -0.25) is 4.79 Å². The van der Waals surface area contributed by atoms with Gasteiger partial charge in [-0.05, 0) is 31.2 Å². The summed E-state index contributed by atoms with van der Waals surface area (Å²) in [4.78, 5) is 19.4. The van der Waals surface area contributed by atoms with Gasteiger partial charge in [-0.15, -0.1) is 0 Å². The smallest absolute Gasteiger partial charge is 0.251 e. The molecule has 2 unspecified atom stereocenters. The fraction of sp³-hybridized carbons (Fsp3) is 0.750. The molecule has 0 spiro atoms. The molecule has 1 aliphatic rings. The molecule has 112 valence electrons. The van der Waals surface area contributed by atoms with E-state index in [1.165, 1.54) is 12.8 Å². The first-order valence-electron chi connectivity index (χ1n) is 7.85. The molecule has 0 bridgehead atoms. The SMILES string of the molecule is CC(C)CNCc1cc(=O)[nH]c(C2CCCC(C)C2)n1. The molecule has 1 fully saturated rings. The minimum atomic E-state index is -0.0189. The molecule has 1 heterocycles. The molecule has 1 aliphatic carbocycles. The van der Waals surface area contributed by atoms with Crippen LogP contribution in [-0.4, -0.2) is 16.5 Å². The molecule has 2 atom stereocenters. The first-order valence-corrected chi connectivity index (χ1v) is 7.85. The Hall–Kier alpha value is -1.16. The third kappa shape index (κ3) is 4.44. The lowest BCUT2D eigenvalue weighted by atomic mass is 9.82. The normalized spacial score (nSPS) is 23.2. The molecule has 1 saturated carbocycles. The second kappa shape index (κ2) is 7.02. The van der Waals surface area contributed by atoms with Gasteiger partial charge in [0.2, 0.25) is 0 Å². The fourth-order valence-electron chi connectivity index (χ4n) is 2.98. The molecule has 4 nitrogen and oxygen atoms in total. The number of hydrogen-bond acceptors (Lipinski definition) is 3. The van der Waals surface area contributed by atoms with Crippen LogP contribution in [0.15, 0.2) is 10.9 Å². The summed E-state index contributed by atoms with van der Waals surface area (Å²) in [6, 6.07) is 1.61. The van der Waals surface area contributed by atoms with E-state index in [1.807, 2.05) is 0 Å². The van der Waals surface area contributed by atoms with E-state index >= 15 is 0 Å². The van der Waals surface area contributed by atoms with Crippen LogP contribution in [0.25, 0.3) is 0 Å². The average Bonchev–Trinajstić information content (AvgIpc) is 2.37. The van der Waals surface area contributed by atoms with Gasteiger partial charge in [-0.1, -0.05) is 33.6 Å². The van der Waals surface area contributed by atoms with Crippen LogP contribution in [0.2, 0.25) is 0 Å². The highest BCUT2D eigenvalue weighted by atomic mass is 16.1. The van der Waals surface area contributed by atoms with Crippen LogP contribution in [0.5, 0.6) is 0 Å². The molecule has 4 heteroatoms. The van der Waals surface area contributed by atoms with E-state index < -0.39 is 0 Å². The standard InChI is InChI=1S/C16H27N3O/c1-11(2)9-17-10-14-8-15(20)19-16(18-14)13-6-4-5-12(3)7-13/h8,11-13,17H,4-7,9-10H2,1-3H3,(H,18,19,20). The molecule has 2 N–H and O–H groups in total. The van der Waals surface area contributed by atoms with Crippen LogP contribution in [0.4, 0.5) is 0 Å². The lowest BCUT2D eigenvalue weighted by Crippen LogP contribution is -2.24. The van der Waals surface area contributed by atoms with Gasteiger partial charge in [0.1, 0.15) is 5.82 Å². The zero-order chi connectivity index (χ0) is 14.5. The van der Waals surface area contributed by atoms with Crippen molar-refractivity contribution in [2.24, 2.45) is 11.8 Å². The van der Waals surface area contributed by atoms with Crippen molar-refractivity contribution in [3.8, 4) is 0 Å². The molecule has 0 saturated heterocycles. The van der Waals surface area contributed by atoms with Crippen molar-refractivity contribution in [2.45, 2.75) is 58.9 Å². The van der Waals surface area contributed by atoms with Crippen LogP contribution in [0.1, 0.15) is 63.9 Å². The molecule has 1 aromatic rings. The maximum atomic E-state index is 11.8. The monoisotopic (exact) mass is 277 g/mol. The first-order chi connectivity index (χ1) is 9.54. The van der Waals surface area contributed by atoms with Crippen LogP contribution < -0.4 is 10.9 Å². The van der Waals surface area contributed by atoms with Crippen molar-refractivity contribution in [2.75, 3.05) is 6.54 Å². The third-order valence-corrected chi connectivity index (χ3v) is 3.99. The Balaban J connectivity index is 2.06. The van der Waals surface area contributed by atoms with Crippen molar-refractivity contribution in [1.29, 1.82) is 0 Å². The van der Waals surface area contributed by atoms with Crippen molar-refractivity contribution in [3.63, 3.8) is 0 Å². The van der Waals surface area contributed by atoms with Crippen molar-refractivity contribution in [3.05, 3.63) is 27.9 Å². The lowest BCUT2D eigenvalue weighted by Gasteiger charge is -2.26. The van der Waals surface area contributed by atoms with Crippen molar-refractivity contribution < 1.29 is 0 Å². The van der Waals surface area contributed by atoms with E-state index in [-0.39, 0.29) is 5.56 Å². The first kappa shape index (κ1) is 15.2. The molecule has 0 radical (unpaired) electrons. The topological polar surface area (TPSA) is 57.8 Å². The second-order valence-corrected chi connectivity index (χ2v) is 6.62. The van der Waals surface area contributed by atoms with Crippen LogP contribution in [0, 0.1) is 11.8 Å². The van der Waals surface area contributed by atoms with E-state index in [0.717, 1.165) is 36.8 Å². The number of hydrogen-bond donors (Lipinski definition) is 2. The molecule has 0 amide bonds. The summed E-state index contributed by atoms with van der Waals surface area (Å²) in [7, 11) is 0. The van der Waals surface area contributed by atoms with E-state index in [0.29, 0.717) is 18.4 Å². The maximum absolute atomic E-state index is 11.8. The fourth-order valence-corrected chi connectivity index (χ4v) is 2.98. The number of aromatic amines is 1. The van der Waals surface area contributed by atoms with Gasteiger partial charge >= 0.3 is 0 Å². The number of rotatable bonds is 5. The average molecular weight is 277 g/mol. The Morgan fingerprint density at radius 1 is 1.45 bits per heavy atom. The van der Waals surface area contributed by atoms with E-state index in [2.05, 4.69) is 36.1 Å². The van der Waals surface area contributed by atoms with Gasteiger partial charge in [0.05, 0.1) is 5.69 Å². The number of nitrogens with one attached hydrogen (secondary N) is 2. The van der Waals surface area contributed by atoms with Gasteiger partial charge in [-0.2, -0.15) is 0 Å². The summed E-state index contributed by atoms with van der Waals surface area (Å²) in [6.45, 7) is 8.26. The van der Waals surface area contributed by atoms with Gasteiger partial charge in [0, 0.05) is 18.5 Å². The highest BCUT2D eigenvalue weighted by Gasteiger charge is 2.22. The van der Waals surface area contributed by atoms with E-state index in [9.17, 15) is 4.79 Å². The largest absolute Gasteiger partial charge is 0.311 e. The second-order valence-electron chi connectivity index (χ2n) is 6.62. The summed E-state index contributed by atoms with van der Waals surface area (Å²) in [6.07, 6.45) is 4.84.